The SMILES string of the molecule is Fc1ccc(F)c(CN2C[C@@H]3CCCN3[C@H](C(c3ccccc3)c3ccccc3)C2)c1F. The molecule has 5 rings (SSSR count). The molecule has 0 aliphatic carbocycles. The second kappa shape index (κ2) is 9.08. The van der Waals surface area contributed by atoms with Gasteiger partial charge in [-0.2, -0.15) is 0 Å². The second-order valence-electron chi connectivity index (χ2n) is 8.92. The molecule has 3 aromatic carbocycles. The van der Waals surface area contributed by atoms with Gasteiger partial charge in [-0.05, 0) is 42.6 Å². The summed E-state index contributed by atoms with van der Waals surface area (Å²) in [6.45, 7) is 2.51. The van der Waals surface area contributed by atoms with Crippen molar-refractivity contribution in [2.45, 2.75) is 37.4 Å². The number of hydrogen-bond donors (Lipinski definition) is 0. The van der Waals surface area contributed by atoms with Crippen LogP contribution in [-0.4, -0.2) is 41.5 Å². The number of halogens is 3. The summed E-state index contributed by atoms with van der Waals surface area (Å²) in [5, 5.41) is 0. The predicted octanol–water partition coefficient (Wildman–Crippen LogP) is 5.58. The minimum Gasteiger partial charge on any atom is -0.296 e. The molecule has 2 aliphatic rings. The molecular weight excluding hydrogens is 409 g/mol. The number of piperazine rings is 1. The molecule has 0 aromatic heterocycles. The molecule has 5 heteroatoms. The molecule has 2 saturated heterocycles. The van der Waals surface area contributed by atoms with Crippen molar-refractivity contribution >= 4 is 0 Å². The second-order valence-corrected chi connectivity index (χ2v) is 8.92. The van der Waals surface area contributed by atoms with Crippen LogP contribution in [0.3, 0.4) is 0 Å². The quantitative estimate of drug-likeness (QED) is 0.482. The van der Waals surface area contributed by atoms with E-state index in [1.165, 1.54) is 11.1 Å². The average Bonchev–Trinajstić information content (AvgIpc) is 3.30. The van der Waals surface area contributed by atoms with E-state index in [0.29, 0.717) is 12.6 Å². The first kappa shape index (κ1) is 21.2. The van der Waals surface area contributed by atoms with E-state index < -0.39 is 17.5 Å². The highest BCUT2D eigenvalue weighted by atomic mass is 19.2. The summed E-state index contributed by atoms with van der Waals surface area (Å²) in [7, 11) is 0. The molecule has 2 fully saturated rings. The maximum atomic E-state index is 14.4. The Kier molecular flexibility index (Phi) is 6.03. The molecular formula is C27H27F3N2. The third-order valence-electron chi connectivity index (χ3n) is 6.99. The van der Waals surface area contributed by atoms with Gasteiger partial charge in [0.2, 0.25) is 0 Å². The number of fused-ring (bicyclic) bond motifs is 1. The Balaban J connectivity index is 1.51. The van der Waals surface area contributed by atoms with Crippen molar-refractivity contribution in [2.75, 3.05) is 19.6 Å². The standard InChI is InChI=1S/C27H27F3N2/c28-23-13-14-24(29)27(30)22(23)17-31-16-21-12-7-15-32(21)25(18-31)26(19-8-3-1-4-9-19)20-10-5-2-6-11-20/h1-6,8-11,13-14,21,25-26H,7,12,15-18H2/t21-,25-/m0/s1. The zero-order valence-electron chi connectivity index (χ0n) is 17.9. The van der Waals surface area contributed by atoms with Gasteiger partial charge < -0.3 is 0 Å². The van der Waals surface area contributed by atoms with Crippen LogP contribution in [0.2, 0.25) is 0 Å². The monoisotopic (exact) mass is 436 g/mol. The number of rotatable bonds is 5. The Morgan fingerprint density at radius 3 is 2.06 bits per heavy atom. The van der Waals surface area contributed by atoms with E-state index in [1.807, 2.05) is 12.1 Å². The van der Waals surface area contributed by atoms with Crippen molar-refractivity contribution in [2.24, 2.45) is 0 Å². The van der Waals surface area contributed by atoms with Gasteiger partial charge in [0.05, 0.1) is 0 Å². The highest BCUT2D eigenvalue weighted by molar-refractivity contribution is 5.35. The third-order valence-corrected chi connectivity index (χ3v) is 6.99. The molecule has 0 saturated carbocycles. The lowest BCUT2D eigenvalue weighted by molar-refractivity contribution is 0.0372. The highest BCUT2D eigenvalue weighted by Crippen LogP contribution is 2.38. The zero-order chi connectivity index (χ0) is 22.1. The fourth-order valence-electron chi connectivity index (χ4n) is 5.55. The fourth-order valence-corrected chi connectivity index (χ4v) is 5.55. The molecule has 2 atom stereocenters. The van der Waals surface area contributed by atoms with Crippen molar-refractivity contribution in [1.29, 1.82) is 0 Å². The lowest BCUT2D eigenvalue weighted by Gasteiger charge is -2.47. The van der Waals surface area contributed by atoms with Crippen LogP contribution in [-0.2, 0) is 6.54 Å². The van der Waals surface area contributed by atoms with Gasteiger partial charge in [0.25, 0.3) is 0 Å². The molecule has 32 heavy (non-hydrogen) atoms. The van der Waals surface area contributed by atoms with Crippen LogP contribution in [0, 0.1) is 17.5 Å². The Morgan fingerprint density at radius 2 is 1.41 bits per heavy atom. The van der Waals surface area contributed by atoms with Gasteiger partial charge in [-0.1, -0.05) is 60.7 Å². The molecule has 2 nitrogen and oxygen atoms in total. The van der Waals surface area contributed by atoms with Gasteiger partial charge >= 0.3 is 0 Å². The summed E-state index contributed by atoms with van der Waals surface area (Å²) < 4.78 is 42.6. The number of hydrogen-bond acceptors (Lipinski definition) is 2. The van der Waals surface area contributed by atoms with E-state index in [1.54, 1.807) is 0 Å². The van der Waals surface area contributed by atoms with Crippen LogP contribution in [0.1, 0.15) is 35.4 Å². The third kappa shape index (κ3) is 4.07. The Labute approximate surface area is 187 Å². The van der Waals surface area contributed by atoms with Crippen LogP contribution in [0.15, 0.2) is 72.8 Å². The minimum absolute atomic E-state index is 0.0760. The molecule has 0 unspecified atom stereocenters. The molecule has 0 spiro atoms. The van der Waals surface area contributed by atoms with Crippen LogP contribution >= 0.6 is 0 Å². The smallest absolute Gasteiger partial charge is 0.166 e. The molecule has 3 aromatic rings. The summed E-state index contributed by atoms with van der Waals surface area (Å²) in [5.41, 5.74) is 2.30. The number of benzene rings is 3. The first-order chi connectivity index (χ1) is 15.6. The van der Waals surface area contributed by atoms with E-state index in [9.17, 15) is 13.2 Å². The van der Waals surface area contributed by atoms with E-state index in [2.05, 4.69) is 58.3 Å². The normalized spacial score (nSPS) is 21.8. The molecule has 0 bridgehead atoms. The van der Waals surface area contributed by atoms with Gasteiger partial charge in [-0.15, -0.1) is 0 Å². The molecule has 2 heterocycles. The van der Waals surface area contributed by atoms with Crippen LogP contribution < -0.4 is 0 Å². The van der Waals surface area contributed by atoms with Crippen LogP contribution in [0.25, 0.3) is 0 Å². The lowest BCUT2D eigenvalue weighted by Crippen LogP contribution is -2.58. The molecule has 2 aliphatic heterocycles. The molecule has 0 radical (unpaired) electrons. The highest BCUT2D eigenvalue weighted by Gasteiger charge is 2.42. The summed E-state index contributed by atoms with van der Waals surface area (Å²) in [6.07, 6.45) is 2.19. The summed E-state index contributed by atoms with van der Waals surface area (Å²) in [5.74, 6) is -2.61. The van der Waals surface area contributed by atoms with E-state index in [-0.39, 0.29) is 24.1 Å². The molecule has 166 valence electrons. The van der Waals surface area contributed by atoms with Crippen LogP contribution in [0.5, 0.6) is 0 Å². The van der Waals surface area contributed by atoms with Crippen molar-refractivity contribution in [3.8, 4) is 0 Å². The fraction of sp³-hybridized carbons (Fsp3) is 0.333. The topological polar surface area (TPSA) is 6.48 Å². The summed E-state index contributed by atoms with van der Waals surface area (Å²) >= 11 is 0. The Hall–Kier alpha value is -2.63. The minimum atomic E-state index is -1.07. The summed E-state index contributed by atoms with van der Waals surface area (Å²) in [6, 6.07) is 23.3. The predicted molar refractivity (Wildman–Crippen MR) is 120 cm³/mol. The van der Waals surface area contributed by atoms with E-state index >= 15 is 0 Å². The van der Waals surface area contributed by atoms with Gasteiger partial charge in [0, 0.05) is 43.2 Å². The summed E-state index contributed by atoms with van der Waals surface area (Å²) in [4.78, 5) is 4.69. The number of nitrogens with zero attached hydrogens (tertiary/aromatic N) is 2. The molecule has 0 N–H and O–H groups in total. The van der Waals surface area contributed by atoms with Gasteiger partial charge in [-0.3, -0.25) is 9.80 Å². The van der Waals surface area contributed by atoms with Gasteiger partial charge in [0.1, 0.15) is 5.82 Å². The first-order valence-electron chi connectivity index (χ1n) is 11.3. The van der Waals surface area contributed by atoms with E-state index in [0.717, 1.165) is 38.1 Å². The van der Waals surface area contributed by atoms with Crippen molar-refractivity contribution in [3.05, 3.63) is 107 Å². The Bertz CT molecular complexity index is 1020. The zero-order valence-corrected chi connectivity index (χ0v) is 17.9. The lowest BCUT2D eigenvalue weighted by atomic mass is 9.82. The molecule has 0 amide bonds. The van der Waals surface area contributed by atoms with Gasteiger partial charge in [0.15, 0.2) is 11.6 Å². The van der Waals surface area contributed by atoms with Gasteiger partial charge in [-0.25, -0.2) is 13.2 Å². The van der Waals surface area contributed by atoms with Crippen molar-refractivity contribution in [1.82, 2.24) is 9.80 Å². The largest absolute Gasteiger partial charge is 0.296 e. The van der Waals surface area contributed by atoms with E-state index in [4.69, 9.17) is 0 Å². The van der Waals surface area contributed by atoms with Crippen LogP contribution in [0.4, 0.5) is 13.2 Å². The maximum absolute atomic E-state index is 14.4. The van der Waals surface area contributed by atoms with Crippen molar-refractivity contribution in [3.63, 3.8) is 0 Å². The maximum Gasteiger partial charge on any atom is 0.166 e. The first-order valence-corrected chi connectivity index (χ1v) is 11.3. The van der Waals surface area contributed by atoms with Crippen molar-refractivity contribution < 1.29 is 13.2 Å². The average molecular weight is 437 g/mol. The Morgan fingerprint density at radius 1 is 0.781 bits per heavy atom.